The van der Waals surface area contributed by atoms with Gasteiger partial charge in [-0.1, -0.05) is 12.1 Å². The molecular weight excluding hydrogens is 559 g/mol. The van der Waals surface area contributed by atoms with Crippen LogP contribution < -0.4 is 20.9 Å². The molecule has 1 atom stereocenters. The van der Waals surface area contributed by atoms with Crippen molar-refractivity contribution in [3.8, 4) is 6.07 Å². The first-order valence-electron chi connectivity index (χ1n) is 15.1. The summed E-state index contributed by atoms with van der Waals surface area (Å²) in [4.78, 5) is 36.4. The molecular formula is C31H40F3N7O2. The molecule has 0 spiro atoms. The van der Waals surface area contributed by atoms with Crippen LogP contribution >= 0.6 is 0 Å². The van der Waals surface area contributed by atoms with Crippen LogP contribution in [0.4, 0.5) is 24.8 Å². The number of carbonyl (C=O) groups excluding carboxylic acids is 2. The molecule has 0 radical (unpaired) electrons. The lowest BCUT2D eigenvalue weighted by Crippen LogP contribution is -2.38. The minimum absolute atomic E-state index is 0.00242. The highest BCUT2D eigenvalue weighted by molar-refractivity contribution is 5.87. The zero-order chi connectivity index (χ0) is 30.8. The van der Waals surface area contributed by atoms with Crippen LogP contribution in [-0.4, -0.2) is 60.4 Å². The molecule has 43 heavy (non-hydrogen) atoms. The fourth-order valence-electron chi connectivity index (χ4n) is 5.91. The highest BCUT2D eigenvalue weighted by Gasteiger charge is 2.38. The Labute approximate surface area is 250 Å². The Balaban J connectivity index is 1.37. The van der Waals surface area contributed by atoms with E-state index in [1.165, 1.54) is 0 Å². The lowest BCUT2D eigenvalue weighted by Gasteiger charge is -2.34. The first-order valence-corrected chi connectivity index (χ1v) is 15.1. The van der Waals surface area contributed by atoms with Gasteiger partial charge < -0.3 is 20.9 Å². The third-order valence-corrected chi connectivity index (χ3v) is 8.26. The Morgan fingerprint density at radius 2 is 1.74 bits per heavy atom. The number of halogens is 3. The third kappa shape index (κ3) is 9.13. The fraction of sp³-hybridized carbons (Fsp3) is 0.581. The minimum Gasteiger partial charge on any atom is -0.356 e. The van der Waals surface area contributed by atoms with Crippen molar-refractivity contribution in [2.75, 3.05) is 42.5 Å². The molecule has 0 unspecified atom stereocenters. The lowest BCUT2D eigenvalue weighted by atomic mass is 9.91. The van der Waals surface area contributed by atoms with Crippen molar-refractivity contribution in [1.82, 2.24) is 15.3 Å². The Bertz CT molecular complexity index is 1270. The van der Waals surface area contributed by atoms with E-state index in [-0.39, 0.29) is 23.3 Å². The molecule has 2 aromatic rings. The quantitative estimate of drug-likeness (QED) is 0.347. The molecule has 2 aliphatic rings. The average Bonchev–Trinajstić information content (AvgIpc) is 3.50. The Morgan fingerprint density at radius 3 is 2.42 bits per heavy atom. The number of Topliss-reactive ketones (excluding diaryl/α,β-unsaturated/α-hetero) is 1. The second kappa shape index (κ2) is 15.1. The summed E-state index contributed by atoms with van der Waals surface area (Å²) in [5.74, 6) is -0.434. The minimum atomic E-state index is -4.71. The van der Waals surface area contributed by atoms with Gasteiger partial charge in [0.05, 0.1) is 17.7 Å². The molecule has 3 N–H and O–H groups in total. The zero-order valence-corrected chi connectivity index (χ0v) is 24.4. The smallest absolute Gasteiger partial charge is 0.356 e. The Kier molecular flexibility index (Phi) is 11.3. The molecule has 0 aliphatic carbocycles. The van der Waals surface area contributed by atoms with Gasteiger partial charge in [-0.15, -0.1) is 0 Å². The van der Waals surface area contributed by atoms with Crippen LogP contribution in [0.15, 0.2) is 30.3 Å². The normalized spacial score (nSPS) is 17.6. The zero-order valence-electron chi connectivity index (χ0n) is 24.4. The van der Waals surface area contributed by atoms with E-state index in [0.717, 1.165) is 31.2 Å². The number of alkyl halides is 3. The lowest BCUT2D eigenvalue weighted by molar-refractivity contribution is -0.144. The maximum absolute atomic E-state index is 13.9. The van der Waals surface area contributed by atoms with E-state index in [1.54, 1.807) is 23.1 Å². The Hall–Kier alpha value is -3.72. The van der Waals surface area contributed by atoms with Crippen LogP contribution in [0.3, 0.4) is 0 Å². The molecule has 2 saturated heterocycles. The number of nitriles is 1. The number of aromatic nitrogens is 2. The van der Waals surface area contributed by atoms with Gasteiger partial charge in [0.15, 0.2) is 5.78 Å². The number of rotatable bonds is 13. The summed E-state index contributed by atoms with van der Waals surface area (Å²) in [6.07, 6.45) is 1.85. The predicted octanol–water partition coefficient (Wildman–Crippen LogP) is 4.39. The number of ketones is 1. The molecule has 2 aliphatic heterocycles. The molecule has 0 saturated carbocycles. The van der Waals surface area contributed by atoms with Gasteiger partial charge in [0.25, 0.3) is 0 Å². The number of amides is 1. The van der Waals surface area contributed by atoms with Gasteiger partial charge in [0, 0.05) is 51.6 Å². The highest BCUT2D eigenvalue weighted by Crippen LogP contribution is 2.34. The van der Waals surface area contributed by atoms with E-state index >= 15 is 0 Å². The summed E-state index contributed by atoms with van der Waals surface area (Å²) in [7, 11) is 0. The molecule has 2 fully saturated rings. The van der Waals surface area contributed by atoms with E-state index in [0.29, 0.717) is 82.7 Å². The second-order valence-electron chi connectivity index (χ2n) is 11.3. The second-order valence-corrected chi connectivity index (χ2v) is 11.3. The van der Waals surface area contributed by atoms with Crippen molar-refractivity contribution in [3.05, 3.63) is 47.3 Å². The van der Waals surface area contributed by atoms with Crippen LogP contribution in [-0.2, 0) is 22.2 Å². The van der Waals surface area contributed by atoms with E-state index in [9.17, 15) is 22.8 Å². The van der Waals surface area contributed by atoms with Crippen molar-refractivity contribution in [2.45, 2.75) is 76.4 Å². The van der Waals surface area contributed by atoms with Gasteiger partial charge in [-0.05, 0) is 75.0 Å². The van der Waals surface area contributed by atoms with Crippen molar-refractivity contribution >= 4 is 23.3 Å². The third-order valence-electron chi connectivity index (χ3n) is 8.26. The van der Waals surface area contributed by atoms with Gasteiger partial charge in [-0.3, -0.25) is 9.59 Å². The van der Waals surface area contributed by atoms with Crippen LogP contribution in [0.1, 0.15) is 74.7 Å². The largest absolute Gasteiger partial charge is 0.451 e. The number of benzene rings is 1. The van der Waals surface area contributed by atoms with E-state index in [4.69, 9.17) is 11.0 Å². The first kappa shape index (κ1) is 32.2. The molecule has 3 heterocycles. The summed E-state index contributed by atoms with van der Waals surface area (Å²) in [5, 5.41) is 11.7. The van der Waals surface area contributed by atoms with E-state index in [2.05, 4.69) is 21.4 Å². The van der Waals surface area contributed by atoms with Crippen molar-refractivity contribution in [1.29, 1.82) is 5.26 Å². The Morgan fingerprint density at radius 1 is 1.02 bits per heavy atom. The maximum Gasteiger partial charge on any atom is 0.451 e. The summed E-state index contributed by atoms with van der Waals surface area (Å²) in [5.41, 5.74) is 7.02. The van der Waals surface area contributed by atoms with Gasteiger partial charge in [-0.2, -0.15) is 18.4 Å². The van der Waals surface area contributed by atoms with Crippen LogP contribution in [0.25, 0.3) is 0 Å². The topological polar surface area (TPSA) is 128 Å². The number of hydrogen-bond acceptors (Lipinski definition) is 8. The number of hydrogen-bond donors (Lipinski definition) is 2. The number of nitrogens with two attached hydrogens (primary N) is 1. The van der Waals surface area contributed by atoms with Crippen LogP contribution in [0.2, 0.25) is 0 Å². The predicted molar refractivity (Wildman–Crippen MR) is 157 cm³/mol. The molecule has 0 bridgehead atoms. The average molecular weight is 600 g/mol. The monoisotopic (exact) mass is 599 g/mol. The summed E-state index contributed by atoms with van der Waals surface area (Å²) < 4.78 is 41.7. The number of anilines is 2. The summed E-state index contributed by atoms with van der Waals surface area (Å²) in [6, 6.07) is 10.4. The number of piperidine rings is 1. The van der Waals surface area contributed by atoms with Gasteiger partial charge in [-0.25, -0.2) is 9.97 Å². The van der Waals surface area contributed by atoms with Gasteiger partial charge in [0.2, 0.25) is 11.7 Å². The molecule has 1 aromatic heterocycles. The highest BCUT2D eigenvalue weighted by atomic mass is 19.4. The van der Waals surface area contributed by atoms with Crippen LogP contribution in [0, 0.1) is 17.2 Å². The first-order chi connectivity index (χ1) is 20.7. The fourth-order valence-corrected chi connectivity index (χ4v) is 5.91. The molecule has 1 aromatic carbocycles. The number of nitrogens with one attached hydrogen (secondary N) is 1. The van der Waals surface area contributed by atoms with E-state index < -0.39 is 18.0 Å². The van der Waals surface area contributed by atoms with E-state index in [1.807, 2.05) is 17.0 Å². The van der Waals surface area contributed by atoms with Crippen molar-refractivity contribution in [3.63, 3.8) is 0 Å². The summed E-state index contributed by atoms with van der Waals surface area (Å²) >= 11 is 0. The van der Waals surface area contributed by atoms with Crippen LogP contribution in [0.5, 0.6) is 0 Å². The molecule has 1 amide bonds. The van der Waals surface area contributed by atoms with Crippen molar-refractivity contribution in [2.24, 2.45) is 11.7 Å². The number of nitrogens with zero attached hydrogens (tertiary/aromatic N) is 5. The molecule has 12 heteroatoms. The molecule has 9 nitrogen and oxygen atoms in total. The maximum atomic E-state index is 13.9. The summed E-state index contributed by atoms with van der Waals surface area (Å²) in [6.45, 7) is 2.46. The van der Waals surface area contributed by atoms with Gasteiger partial charge >= 0.3 is 6.18 Å². The van der Waals surface area contributed by atoms with Crippen molar-refractivity contribution < 1.29 is 22.8 Å². The SMILES string of the molecule is N#Cc1ccc(CCCC(=O)[C@@H]2CCCN2c2cc(N3CCC(CCCC(=O)NCCN)CC3)nc(C(F)(F)F)n2)cc1. The molecule has 232 valence electrons. The standard InChI is InChI=1S/C31H40F3N7O2/c32-31(33,34)30-38-27(40-18-13-23(14-19-40)5-2-8-29(43)37-16-15-35)20-28(39-30)41-17-3-6-25(41)26(42)7-1-4-22-9-11-24(21-36)12-10-22/h9-12,20,23,25H,1-8,13-19,35H2,(H,37,43)/t25-/m0/s1. The van der Waals surface area contributed by atoms with Gasteiger partial charge in [0.1, 0.15) is 11.6 Å². The number of aryl methyl sites for hydroxylation is 1. The molecule has 4 rings (SSSR count). The number of carbonyl (C=O) groups is 2.